The first-order valence-electron chi connectivity index (χ1n) is 4.18. The Hall–Kier alpha value is -0.570. The van der Waals surface area contributed by atoms with Gasteiger partial charge in [0.25, 0.3) is 0 Å². The zero-order valence-corrected chi connectivity index (χ0v) is 6.36. The number of hydrogen-bond acceptors (Lipinski definition) is 2. The smallest absolute Gasteiger partial charge is 0.308 e. The number of fused-ring (bicyclic) bond motifs is 2. The van der Waals surface area contributed by atoms with Crippen molar-refractivity contribution in [2.24, 2.45) is 23.5 Å². The van der Waals surface area contributed by atoms with Gasteiger partial charge < -0.3 is 10.8 Å². The average molecular weight is 155 g/mol. The van der Waals surface area contributed by atoms with Crippen LogP contribution in [0.1, 0.15) is 19.3 Å². The Labute approximate surface area is 65.6 Å². The van der Waals surface area contributed by atoms with Crippen molar-refractivity contribution in [3.63, 3.8) is 0 Å². The van der Waals surface area contributed by atoms with E-state index in [9.17, 15) is 4.79 Å². The summed E-state index contributed by atoms with van der Waals surface area (Å²) in [5.41, 5.74) is 5.78. The van der Waals surface area contributed by atoms with Gasteiger partial charge in [0.2, 0.25) is 0 Å². The lowest BCUT2D eigenvalue weighted by molar-refractivity contribution is -0.144. The Bertz CT molecular complexity index is 191. The molecule has 0 unspecified atom stereocenters. The van der Waals surface area contributed by atoms with Crippen LogP contribution in [-0.4, -0.2) is 17.1 Å². The molecule has 3 N–H and O–H groups in total. The summed E-state index contributed by atoms with van der Waals surface area (Å²) in [7, 11) is 0. The van der Waals surface area contributed by atoms with Crippen LogP contribution in [0.15, 0.2) is 0 Å². The molecule has 0 aromatic carbocycles. The quantitative estimate of drug-likeness (QED) is 0.577. The molecular formula is C8H13NO2. The Morgan fingerprint density at radius 2 is 2.00 bits per heavy atom. The second kappa shape index (κ2) is 2.21. The molecular weight excluding hydrogens is 142 g/mol. The highest BCUT2D eigenvalue weighted by Crippen LogP contribution is 2.47. The van der Waals surface area contributed by atoms with Crippen molar-refractivity contribution in [2.75, 3.05) is 0 Å². The number of nitrogens with two attached hydrogens (primary N) is 1. The Balaban J connectivity index is 2.17. The average Bonchev–Trinajstić information content (AvgIpc) is 2.44. The number of hydrogen-bond donors (Lipinski definition) is 2. The highest BCUT2D eigenvalue weighted by molar-refractivity contribution is 5.72. The van der Waals surface area contributed by atoms with Crippen LogP contribution in [0.4, 0.5) is 0 Å². The molecule has 3 heteroatoms. The monoisotopic (exact) mass is 155 g/mol. The zero-order valence-electron chi connectivity index (χ0n) is 6.36. The Kier molecular flexibility index (Phi) is 1.42. The van der Waals surface area contributed by atoms with Crippen LogP contribution < -0.4 is 5.73 Å². The van der Waals surface area contributed by atoms with E-state index in [2.05, 4.69) is 0 Å². The van der Waals surface area contributed by atoms with Gasteiger partial charge in [-0.25, -0.2) is 0 Å². The molecule has 0 amide bonds. The number of carbonyl (C=O) groups is 1. The van der Waals surface area contributed by atoms with Crippen LogP contribution in [0, 0.1) is 17.8 Å². The van der Waals surface area contributed by atoms with E-state index in [1.54, 1.807) is 0 Å². The maximum absolute atomic E-state index is 10.7. The minimum Gasteiger partial charge on any atom is -0.481 e. The van der Waals surface area contributed by atoms with E-state index in [-0.39, 0.29) is 12.0 Å². The molecule has 3 nitrogen and oxygen atoms in total. The first-order valence-corrected chi connectivity index (χ1v) is 4.18. The second-order valence-corrected chi connectivity index (χ2v) is 3.77. The zero-order chi connectivity index (χ0) is 8.01. The Morgan fingerprint density at radius 1 is 1.36 bits per heavy atom. The van der Waals surface area contributed by atoms with Crippen LogP contribution in [0.2, 0.25) is 0 Å². The molecule has 2 aliphatic rings. The molecule has 0 aromatic rings. The third kappa shape index (κ3) is 0.872. The van der Waals surface area contributed by atoms with Crippen molar-refractivity contribution in [3.8, 4) is 0 Å². The molecule has 0 aliphatic heterocycles. The van der Waals surface area contributed by atoms with Gasteiger partial charge in [-0.05, 0) is 31.1 Å². The van der Waals surface area contributed by atoms with Crippen molar-refractivity contribution in [1.82, 2.24) is 0 Å². The highest BCUT2D eigenvalue weighted by Gasteiger charge is 2.49. The molecule has 0 spiro atoms. The van der Waals surface area contributed by atoms with E-state index >= 15 is 0 Å². The largest absolute Gasteiger partial charge is 0.481 e. The summed E-state index contributed by atoms with van der Waals surface area (Å²) in [6.45, 7) is 0. The molecule has 4 atom stereocenters. The number of aliphatic carboxylic acids is 1. The van der Waals surface area contributed by atoms with Crippen molar-refractivity contribution in [2.45, 2.75) is 25.3 Å². The van der Waals surface area contributed by atoms with Crippen LogP contribution in [0.5, 0.6) is 0 Å². The first-order chi connectivity index (χ1) is 5.20. The van der Waals surface area contributed by atoms with Crippen LogP contribution in [-0.2, 0) is 4.79 Å². The summed E-state index contributed by atoms with van der Waals surface area (Å²) in [5.74, 6) is -0.0490. The number of carboxylic acid groups (broad SMARTS) is 1. The molecule has 62 valence electrons. The van der Waals surface area contributed by atoms with E-state index in [0.29, 0.717) is 11.8 Å². The van der Waals surface area contributed by atoms with Gasteiger partial charge in [0, 0.05) is 6.04 Å². The minimum atomic E-state index is -0.690. The van der Waals surface area contributed by atoms with Crippen molar-refractivity contribution >= 4 is 5.97 Å². The van der Waals surface area contributed by atoms with Gasteiger partial charge in [0.15, 0.2) is 0 Å². The molecule has 0 aromatic heterocycles. The first kappa shape index (κ1) is 7.10. The predicted octanol–water partition coefficient (Wildman–Crippen LogP) is 0.444. The lowest BCUT2D eigenvalue weighted by atomic mass is 9.85. The molecule has 2 fully saturated rings. The van der Waals surface area contributed by atoms with E-state index < -0.39 is 5.97 Å². The highest BCUT2D eigenvalue weighted by atomic mass is 16.4. The lowest BCUT2D eigenvalue weighted by Crippen LogP contribution is -2.40. The minimum absolute atomic E-state index is 0.0637. The molecule has 0 radical (unpaired) electrons. The fourth-order valence-corrected chi connectivity index (χ4v) is 2.70. The summed E-state index contributed by atoms with van der Waals surface area (Å²) in [6.07, 6.45) is 3.28. The van der Waals surface area contributed by atoms with Gasteiger partial charge in [0.1, 0.15) is 0 Å². The van der Waals surface area contributed by atoms with Gasteiger partial charge in [-0.3, -0.25) is 4.79 Å². The standard InChI is InChI=1S/C8H13NO2/c9-7-5-2-1-4(3-5)6(7)8(10)11/h4-7H,1-3,9H2,(H,10,11)/t4-,5-,6+,7+/m1/s1. The summed E-state index contributed by atoms with van der Waals surface area (Å²) >= 11 is 0. The van der Waals surface area contributed by atoms with Crippen LogP contribution >= 0.6 is 0 Å². The van der Waals surface area contributed by atoms with E-state index in [1.807, 2.05) is 0 Å². The summed E-state index contributed by atoms with van der Waals surface area (Å²) in [4.78, 5) is 10.7. The van der Waals surface area contributed by atoms with Crippen molar-refractivity contribution in [1.29, 1.82) is 0 Å². The molecule has 2 aliphatic carbocycles. The van der Waals surface area contributed by atoms with Gasteiger partial charge in [-0.1, -0.05) is 0 Å². The van der Waals surface area contributed by atoms with Gasteiger partial charge in [0.05, 0.1) is 5.92 Å². The van der Waals surface area contributed by atoms with Crippen LogP contribution in [0.3, 0.4) is 0 Å². The Morgan fingerprint density at radius 3 is 2.36 bits per heavy atom. The number of rotatable bonds is 1. The molecule has 2 bridgehead atoms. The maximum atomic E-state index is 10.7. The van der Waals surface area contributed by atoms with Crippen LogP contribution in [0.25, 0.3) is 0 Å². The molecule has 2 rings (SSSR count). The van der Waals surface area contributed by atoms with E-state index in [0.717, 1.165) is 19.3 Å². The van der Waals surface area contributed by atoms with E-state index in [1.165, 1.54) is 0 Å². The molecule has 2 saturated carbocycles. The normalized spacial score (nSPS) is 48.1. The van der Waals surface area contributed by atoms with E-state index in [4.69, 9.17) is 10.8 Å². The predicted molar refractivity (Wildman–Crippen MR) is 39.9 cm³/mol. The summed E-state index contributed by atoms with van der Waals surface area (Å²) < 4.78 is 0. The second-order valence-electron chi connectivity index (χ2n) is 3.77. The SMILES string of the molecule is N[C@H]1[C@@H]2CC[C@H](C2)[C@@H]1C(=O)O. The van der Waals surface area contributed by atoms with Gasteiger partial charge in [-0.15, -0.1) is 0 Å². The topological polar surface area (TPSA) is 63.3 Å². The summed E-state index contributed by atoms with van der Waals surface area (Å²) in [6, 6.07) is -0.0637. The summed E-state index contributed by atoms with van der Waals surface area (Å²) in [5, 5.41) is 8.83. The van der Waals surface area contributed by atoms with Crippen molar-refractivity contribution < 1.29 is 9.90 Å². The third-order valence-corrected chi connectivity index (χ3v) is 3.27. The third-order valence-electron chi connectivity index (χ3n) is 3.27. The van der Waals surface area contributed by atoms with Crippen molar-refractivity contribution in [3.05, 3.63) is 0 Å². The lowest BCUT2D eigenvalue weighted by Gasteiger charge is -2.23. The van der Waals surface area contributed by atoms with Gasteiger partial charge in [-0.2, -0.15) is 0 Å². The molecule has 11 heavy (non-hydrogen) atoms. The fraction of sp³-hybridized carbons (Fsp3) is 0.875. The fourth-order valence-electron chi connectivity index (χ4n) is 2.70. The number of carboxylic acids is 1. The van der Waals surface area contributed by atoms with Gasteiger partial charge >= 0.3 is 5.97 Å². The maximum Gasteiger partial charge on any atom is 0.308 e. The molecule has 0 saturated heterocycles. The molecule has 0 heterocycles.